The monoisotopic (exact) mass is 284 g/mol. The highest BCUT2D eigenvalue weighted by molar-refractivity contribution is 6.31. The second-order valence-corrected chi connectivity index (χ2v) is 5.64. The van der Waals surface area contributed by atoms with Crippen LogP contribution in [0.5, 0.6) is 0 Å². The molecular weight excluding hydrogens is 260 g/mol. The van der Waals surface area contributed by atoms with Crippen LogP contribution < -0.4 is 5.32 Å². The van der Waals surface area contributed by atoms with Gasteiger partial charge < -0.3 is 10.2 Å². The van der Waals surface area contributed by atoms with E-state index in [2.05, 4.69) is 22.2 Å². The SMILES string of the molecule is CCc1nn(C)c(CNCCCN2CCCC2)c1Cl. The molecule has 0 saturated carbocycles. The molecule has 1 aromatic rings. The molecule has 0 atom stereocenters. The van der Waals surface area contributed by atoms with Gasteiger partial charge in [-0.3, -0.25) is 4.68 Å². The standard InChI is InChI=1S/C14H25ClN4/c1-3-12-14(15)13(18(2)17-12)11-16-7-6-10-19-8-4-5-9-19/h16H,3-11H2,1-2H3. The van der Waals surface area contributed by atoms with Crippen molar-refractivity contribution in [3.63, 3.8) is 0 Å². The van der Waals surface area contributed by atoms with Crippen LogP contribution in [-0.2, 0) is 20.0 Å². The topological polar surface area (TPSA) is 33.1 Å². The molecule has 19 heavy (non-hydrogen) atoms. The number of aryl methyl sites for hydroxylation is 2. The van der Waals surface area contributed by atoms with E-state index in [0.717, 1.165) is 35.9 Å². The molecule has 0 radical (unpaired) electrons. The second kappa shape index (κ2) is 7.27. The Hall–Kier alpha value is -0.580. The Balaban J connectivity index is 1.69. The maximum atomic E-state index is 6.31. The lowest BCUT2D eigenvalue weighted by Crippen LogP contribution is -2.25. The van der Waals surface area contributed by atoms with Crippen LogP contribution in [0.1, 0.15) is 37.6 Å². The van der Waals surface area contributed by atoms with Gasteiger partial charge in [-0.15, -0.1) is 0 Å². The summed E-state index contributed by atoms with van der Waals surface area (Å²) >= 11 is 6.31. The highest BCUT2D eigenvalue weighted by Crippen LogP contribution is 2.20. The van der Waals surface area contributed by atoms with Crippen molar-refractivity contribution in [2.75, 3.05) is 26.2 Å². The molecule has 1 saturated heterocycles. The van der Waals surface area contributed by atoms with Gasteiger partial charge in [-0.25, -0.2) is 0 Å². The predicted molar refractivity (Wildman–Crippen MR) is 79.6 cm³/mol. The Morgan fingerprint density at radius 2 is 2.05 bits per heavy atom. The Morgan fingerprint density at radius 1 is 1.32 bits per heavy atom. The predicted octanol–water partition coefficient (Wildman–Crippen LogP) is 2.21. The van der Waals surface area contributed by atoms with Crippen molar-refractivity contribution in [3.05, 3.63) is 16.4 Å². The van der Waals surface area contributed by atoms with Crippen molar-refractivity contribution < 1.29 is 0 Å². The highest BCUT2D eigenvalue weighted by Gasteiger charge is 2.13. The first-order valence-corrected chi connectivity index (χ1v) is 7.73. The summed E-state index contributed by atoms with van der Waals surface area (Å²) in [7, 11) is 1.96. The number of nitrogens with one attached hydrogen (secondary N) is 1. The van der Waals surface area contributed by atoms with Gasteiger partial charge in [0.25, 0.3) is 0 Å². The maximum Gasteiger partial charge on any atom is 0.0863 e. The van der Waals surface area contributed by atoms with Gasteiger partial charge in [0, 0.05) is 13.6 Å². The zero-order valence-corrected chi connectivity index (χ0v) is 12.8. The van der Waals surface area contributed by atoms with E-state index >= 15 is 0 Å². The van der Waals surface area contributed by atoms with Gasteiger partial charge >= 0.3 is 0 Å². The largest absolute Gasteiger partial charge is 0.311 e. The van der Waals surface area contributed by atoms with Crippen LogP contribution in [0.2, 0.25) is 5.02 Å². The van der Waals surface area contributed by atoms with Crippen LogP contribution in [0.25, 0.3) is 0 Å². The molecule has 1 aromatic heterocycles. The summed E-state index contributed by atoms with van der Waals surface area (Å²) in [6.45, 7) is 7.72. The molecule has 0 aliphatic carbocycles. The average molecular weight is 285 g/mol. The lowest BCUT2D eigenvalue weighted by Gasteiger charge is -2.14. The Morgan fingerprint density at radius 3 is 2.68 bits per heavy atom. The molecule has 0 bridgehead atoms. The molecule has 0 amide bonds. The number of likely N-dealkylation sites (tertiary alicyclic amines) is 1. The lowest BCUT2D eigenvalue weighted by molar-refractivity contribution is 0.330. The van der Waals surface area contributed by atoms with Gasteiger partial charge in [0.05, 0.1) is 16.4 Å². The van der Waals surface area contributed by atoms with Crippen molar-refractivity contribution in [1.29, 1.82) is 0 Å². The minimum absolute atomic E-state index is 0.808. The summed E-state index contributed by atoms with van der Waals surface area (Å²) in [5, 5.41) is 8.73. The summed E-state index contributed by atoms with van der Waals surface area (Å²) in [6.07, 6.45) is 4.84. The van der Waals surface area contributed by atoms with E-state index in [1.807, 2.05) is 11.7 Å². The smallest absolute Gasteiger partial charge is 0.0863 e. The molecule has 0 aromatic carbocycles. The minimum Gasteiger partial charge on any atom is -0.311 e. The third kappa shape index (κ3) is 3.94. The fourth-order valence-electron chi connectivity index (χ4n) is 2.65. The number of rotatable bonds is 7. The van der Waals surface area contributed by atoms with Gasteiger partial charge in [-0.05, 0) is 51.9 Å². The number of aromatic nitrogens is 2. The molecular formula is C14H25ClN4. The van der Waals surface area contributed by atoms with Crippen molar-refractivity contribution in [2.24, 2.45) is 7.05 Å². The molecule has 4 nitrogen and oxygen atoms in total. The molecule has 2 rings (SSSR count). The van der Waals surface area contributed by atoms with Crippen LogP contribution in [0.4, 0.5) is 0 Å². The molecule has 5 heteroatoms. The zero-order chi connectivity index (χ0) is 13.7. The summed E-state index contributed by atoms with van der Waals surface area (Å²) in [5.41, 5.74) is 2.10. The third-order valence-electron chi connectivity index (χ3n) is 3.82. The minimum atomic E-state index is 0.808. The second-order valence-electron chi connectivity index (χ2n) is 5.26. The average Bonchev–Trinajstić information content (AvgIpc) is 3.00. The number of hydrogen-bond acceptors (Lipinski definition) is 3. The normalized spacial score (nSPS) is 16.4. The van der Waals surface area contributed by atoms with E-state index in [9.17, 15) is 0 Å². The van der Waals surface area contributed by atoms with Crippen LogP contribution in [0.15, 0.2) is 0 Å². The molecule has 2 heterocycles. The Kier molecular flexibility index (Phi) is 5.67. The van der Waals surface area contributed by atoms with E-state index in [1.54, 1.807) is 0 Å². The van der Waals surface area contributed by atoms with Gasteiger partial charge in [-0.2, -0.15) is 5.10 Å². The molecule has 1 N–H and O–H groups in total. The molecule has 1 aliphatic heterocycles. The Labute approximate surface area is 121 Å². The number of halogens is 1. The van der Waals surface area contributed by atoms with Gasteiger partial charge in [0.2, 0.25) is 0 Å². The quantitative estimate of drug-likeness (QED) is 0.780. The van der Waals surface area contributed by atoms with Gasteiger partial charge in [0.1, 0.15) is 0 Å². The Bertz CT molecular complexity index is 396. The van der Waals surface area contributed by atoms with E-state index < -0.39 is 0 Å². The molecule has 1 aliphatic rings. The number of hydrogen-bond donors (Lipinski definition) is 1. The van der Waals surface area contributed by atoms with Gasteiger partial charge in [-0.1, -0.05) is 18.5 Å². The summed E-state index contributed by atoms with van der Waals surface area (Å²) in [6, 6.07) is 0. The van der Waals surface area contributed by atoms with Crippen LogP contribution in [0.3, 0.4) is 0 Å². The van der Waals surface area contributed by atoms with E-state index in [0.29, 0.717) is 0 Å². The van der Waals surface area contributed by atoms with Crippen molar-refractivity contribution in [2.45, 2.75) is 39.2 Å². The first kappa shape index (κ1) is 14.8. The fraction of sp³-hybridized carbons (Fsp3) is 0.786. The van der Waals surface area contributed by atoms with E-state index in [4.69, 9.17) is 11.6 Å². The van der Waals surface area contributed by atoms with E-state index in [1.165, 1.54) is 38.9 Å². The van der Waals surface area contributed by atoms with Crippen LogP contribution in [0, 0.1) is 0 Å². The molecule has 0 unspecified atom stereocenters. The van der Waals surface area contributed by atoms with E-state index in [-0.39, 0.29) is 0 Å². The van der Waals surface area contributed by atoms with Crippen molar-refractivity contribution in [1.82, 2.24) is 20.0 Å². The highest BCUT2D eigenvalue weighted by atomic mass is 35.5. The summed E-state index contributed by atoms with van der Waals surface area (Å²) in [5.74, 6) is 0. The lowest BCUT2D eigenvalue weighted by atomic mass is 10.3. The third-order valence-corrected chi connectivity index (χ3v) is 4.26. The van der Waals surface area contributed by atoms with Crippen LogP contribution >= 0.6 is 11.6 Å². The van der Waals surface area contributed by atoms with Crippen LogP contribution in [-0.4, -0.2) is 40.9 Å². The van der Waals surface area contributed by atoms with Crippen molar-refractivity contribution >= 4 is 11.6 Å². The fourth-order valence-corrected chi connectivity index (χ4v) is 3.01. The summed E-state index contributed by atoms with van der Waals surface area (Å²) < 4.78 is 1.90. The van der Waals surface area contributed by atoms with Crippen molar-refractivity contribution in [3.8, 4) is 0 Å². The molecule has 1 fully saturated rings. The maximum absolute atomic E-state index is 6.31. The molecule has 108 valence electrons. The number of nitrogens with zero attached hydrogens (tertiary/aromatic N) is 3. The summed E-state index contributed by atoms with van der Waals surface area (Å²) in [4.78, 5) is 2.55. The molecule has 0 spiro atoms. The first-order chi connectivity index (χ1) is 9.22. The first-order valence-electron chi connectivity index (χ1n) is 7.35. The zero-order valence-electron chi connectivity index (χ0n) is 12.1. The van der Waals surface area contributed by atoms with Gasteiger partial charge in [0.15, 0.2) is 0 Å².